The first-order valence-corrected chi connectivity index (χ1v) is 9.94. The second-order valence-corrected chi connectivity index (χ2v) is 7.70. The van der Waals surface area contributed by atoms with Gasteiger partial charge in [-0.25, -0.2) is 4.98 Å². The zero-order valence-electron chi connectivity index (χ0n) is 15.7. The van der Waals surface area contributed by atoms with Crippen LogP contribution in [0.15, 0.2) is 88.8 Å². The van der Waals surface area contributed by atoms with Crippen molar-refractivity contribution in [3.63, 3.8) is 0 Å². The van der Waals surface area contributed by atoms with Gasteiger partial charge in [0.2, 0.25) is 0 Å². The summed E-state index contributed by atoms with van der Waals surface area (Å²) < 4.78 is 7.17. The van der Waals surface area contributed by atoms with E-state index in [0.717, 1.165) is 0 Å². The Balaban J connectivity index is 1.93. The average Bonchev–Trinajstić information content (AvgIpc) is 2.75. The highest BCUT2D eigenvalue weighted by atomic mass is 32.2. The Hall–Kier alpha value is -3.05. The fourth-order valence-corrected chi connectivity index (χ4v) is 4.22. The number of aromatic nitrogens is 2. The van der Waals surface area contributed by atoms with Crippen molar-refractivity contribution in [1.29, 1.82) is 0 Å². The third kappa shape index (κ3) is 3.41. The molecule has 0 aliphatic rings. The van der Waals surface area contributed by atoms with Crippen molar-refractivity contribution in [1.82, 2.24) is 9.55 Å². The number of benzene rings is 3. The van der Waals surface area contributed by atoms with Gasteiger partial charge in [0, 0.05) is 5.25 Å². The summed E-state index contributed by atoms with van der Waals surface area (Å²) >= 11 is 1.56. The molecular weight excluding hydrogens is 368 g/mol. The largest absolute Gasteiger partial charge is 0.495 e. The SMILES string of the molecule is COc1ccccc1-n1c(SC(C)c2ccccc2)nc2ccccc2c1=O. The van der Waals surface area contributed by atoms with Crippen LogP contribution in [0.4, 0.5) is 0 Å². The molecule has 0 fully saturated rings. The van der Waals surface area contributed by atoms with Crippen molar-refractivity contribution in [2.24, 2.45) is 0 Å². The smallest absolute Gasteiger partial charge is 0.266 e. The summed E-state index contributed by atoms with van der Waals surface area (Å²) in [5, 5.41) is 1.37. The third-order valence-electron chi connectivity index (χ3n) is 4.62. The Bertz CT molecular complexity index is 1170. The number of hydrogen-bond acceptors (Lipinski definition) is 4. The highest BCUT2D eigenvalue weighted by Gasteiger charge is 2.18. The normalized spacial score (nSPS) is 12.1. The number of hydrogen-bond donors (Lipinski definition) is 0. The highest BCUT2D eigenvalue weighted by molar-refractivity contribution is 7.99. The Morgan fingerprint density at radius 2 is 1.61 bits per heavy atom. The molecule has 1 aromatic heterocycles. The molecule has 0 aliphatic carbocycles. The van der Waals surface area contributed by atoms with Crippen molar-refractivity contribution >= 4 is 22.7 Å². The van der Waals surface area contributed by atoms with Crippen LogP contribution in [0.1, 0.15) is 17.7 Å². The predicted octanol–water partition coefficient (Wildman–Crippen LogP) is 5.25. The van der Waals surface area contributed by atoms with E-state index >= 15 is 0 Å². The standard InChI is InChI=1S/C23H20N2O2S/c1-16(17-10-4-3-5-11-17)28-23-24-19-13-7-6-12-18(19)22(26)25(23)20-14-8-9-15-21(20)27-2/h3-16H,1-2H3. The van der Waals surface area contributed by atoms with Crippen LogP contribution in [0.25, 0.3) is 16.6 Å². The van der Waals surface area contributed by atoms with Crippen molar-refractivity contribution < 1.29 is 4.74 Å². The van der Waals surface area contributed by atoms with E-state index in [1.165, 1.54) is 5.56 Å². The average molecular weight is 388 g/mol. The second-order valence-electron chi connectivity index (χ2n) is 6.39. The maximum atomic E-state index is 13.4. The van der Waals surface area contributed by atoms with E-state index in [1.807, 2.05) is 66.7 Å². The molecule has 0 aliphatic heterocycles. The summed E-state index contributed by atoms with van der Waals surface area (Å²) in [5.41, 5.74) is 2.47. The Labute approximate surface area is 167 Å². The molecule has 0 radical (unpaired) electrons. The molecule has 0 N–H and O–H groups in total. The zero-order chi connectivity index (χ0) is 19.5. The van der Waals surface area contributed by atoms with Gasteiger partial charge < -0.3 is 4.74 Å². The van der Waals surface area contributed by atoms with Gasteiger partial charge in [0.1, 0.15) is 5.75 Å². The van der Waals surface area contributed by atoms with Gasteiger partial charge in [0.05, 0.1) is 23.7 Å². The summed E-state index contributed by atoms with van der Waals surface area (Å²) in [6, 6.07) is 25.2. The van der Waals surface area contributed by atoms with Gasteiger partial charge in [-0.3, -0.25) is 9.36 Å². The van der Waals surface area contributed by atoms with E-state index in [2.05, 4.69) is 19.1 Å². The Morgan fingerprint density at radius 3 is 2.39 bits per heavy atom. The highest BCUT2D eigenvalue weighted by Crippen LogP contribution is 2.35. The van der Waals surface area contributed by atoms with Crippen LogP contribution in [0.2, 0.25) is 0 Å². The molecule has 5 heteroatoms. The van der Waals surface area contributed by atoms with Crippen LogP contribution in [-0.4, -0.2) is 16.7 Å². The quantitative estimate of drug-likeness (QED) is 0.346. The first kappa shape index (κ1) is 18.3. The monoisotopic (exact) mass is 388 g/mol. The first-order chi connectivity index (χ1) is 13.7. The molecule has 4 nitrogen and oxygen atoms in total. The Morgan fingerprint density at radius 1 is 0.929 bits per heavy atom. The fraction of sp³-hybridized carbons (Fsp3) is 0.130. The molecule has 28 heavy (non-hydrogen) atoms. The first-order valence-electron chi connectivity index (χ1n) is 9.06. The fourth-order valence-electron chi connectivity index (χ4n) is 3.17. The maximum Gasteiger partial charge on any atom is 0.266 e. The maximum absolute atomic E-state index is 13.4. The molecule has 1 heterocycles. The van der Waals surface area contributed by atoms with Crippen molar-refractivity contribution in [3.8, 4) is 11.4 Å². The van der Waals surface area contributed by atoms with Crippen molar-refractivity contribution in [3.05, 3.63) is 94.8 Å². The van der Waals surface area contributed by atoms with Gasteiger partial charge in [-0.15, -0.1) is 0 Å². The summed E-state index contributed by atoms with van der Waals surface area (Å²) in [6.07, 6.45) is 0. The predicted molar refractivity (Wildman–Crippen MR) is 115 cm³/mol. The van der Waals surface area contributed by atoms with Gasteiger partial charge in [0.25, 0.3) is 5.56 Å². The molecule has 1 unspecified atom stereocenters. The molecule has 3 aromatic carbocycles. The van der Waals surface area contributed by atoms with Crippen LogP contribution in [0.5, 0.6) is 5.75 Å². The molecule has 4 aromatic rings. The summed E-state index contributed by atoms with van der Waals surface area (Å²) in [6.45, 7) is 2.12. The van der Waals surface area contributed by atoms with E-state index in [9.17, 15) is 4.79 Å². The summed E-state index contributed by atoms with van der Waals surface area (Å²) in [7, 11) is 1.61. The molecule has 0 bridgehead atoms. The summed E-state index contributed by atoms with van der Waals surface area (Å²) in [4.78, 5) is 18.2. The van der Waals surface area contributed by atoms with Crippen LogP contribution in [0.3, 0.4) is 0 Å². The summed E-state index contributed by atoms with van der Waals surface area (Å²) in [5.74, 6) is 0.635. The van der Waals surface area contributed by atoms with Gasteiger partial charge in [0.15, 0.2) is 5.16 Å². The van der Waals surface area contributed by atoms with Gasteiger partial charge >= 0.3 is 0 Å². The number of para-hydroxylation sites is 3. The lowest BCUT2D eigenvalue weighted by molar-refractivity contribution is 0.411. The van der Waals surface area contributed by atoms with Gasteiger partial charge in [-0.05, 0) is 36.8 Å². The minimum Gasteiger partial charge on any atom is -0.495 e. The van der Waals surface area contributed by atoms with E-state index in [4.69, 9.17) is 9.72 Å². The van der Waals surface area contributed by atoms with E-state index in [1.54, 1.807) is 23.4 Å². The number of ether oxygens (including phenoxy) is 1. The zero-order valence-corrected chi connectivity index (χ0v) is 16.5. The molecule has 0 saturated heterocycles. The molecule has 0 spiro atoms. The van der Waals surface area contributed by atoms with Crippen LogP contribution >= 0.6 is 11.8 Å². The van der Waals surface area contributed by atoms with Crippen molar-refractivity contribution in [2.45, 2.75) is 17.3 Å². The van der Waals surface area contributed by atoms with Crippen LogP contribution in [0, 0.1) is 0 Å². The molecule has 4 rings (SSSR count). The topological polar surface area (TPSA) is 44.1 Å². The number of fused-ring (bicyclic) bond motifs is 1. The van der Waals surface area contributed by atoms with Crippen molar-refractivity contribution in [2.75, 3.05) is 7.11 Å². The third-order valence-corrected chi connectivity index (χ3v) is 5.73. The van der Waals surface area contributed by atoms with Gasteiger partial charge in [-0.1, -0.05) is 66.4 Å². The van der Waals surface area contributed by atoms with E-state index in [-0.39, 0.29) is 10.8 Å². The number of nitrogens with zero attached hydrogens (tertiary/aromatic N) is 2. The lowest BCUT2D eigenvalue weighted by atomic mass is 10.2. The molecule has 0 saturated carbocycles. The number of rotatable bonds is 5. The van der Waals surface area contributed by atoms with Crippen LogP contribution < -0.4 is 10.3 Å². The van der Waals surface area contributed by atoms with E-state index < -0.39 is 0 Å². The molecular formula is C23H20N2O2S. The Kier molecular flexibility index (Phi) is 5.17. The van der Waals surface area contributed by atoms with Gasteiger partial charge in [-0.2, -0.15) is 0 Å². The molecule has 1 atom stereocenters. The second kappa shape index (κ2) is 7.90. The minimum absolute atomic E-state index is 0.0992. The minimum atomic E-state index is -0.0992. The lowest BCUT2D eigenvalue weighted by Gasteiger charge is -2.18. The molecule has 140 valence electrons. The van der Waals surface area contributed by atoms with Crippen LogP contribution in [-0.2, 0) is 0 Å². The number of thioether (sulfide) groups is 1. The van der Waals surface area contributed by atoms with E-state index in [0.29, 0.717) is 27.5 Å². The lowest BCUT2D eigenvalue weighted by Crippen LogP contribution is -2.22. The molecule has 0 amide bonds. The number of methoxy groups -OCH3 is 1.